The molecular weight excluding hydrogens is 160 g/mol. The zero-order valence-electron chi connectivity index (χ0n) is 6.99. The molecule has 0 amide bonds. The summed E-state index contributed by atoms with van der Waals surface area (Å²) in [5.41, 5.74) is 0.578. The molecule has 0 aromatic rings. The molecule has 1 fully saturated rings. The maximum absolute atomic E-state index is 10.9. The normalized spacial score (nSPS) is 26.3. The number of esters is 2. The van der Waals surface area contributed by atoms with Gasteiger partial charge in [0.25, 0.3) is 0 Å². The summed E-state index contributed by atoms with van der Waals surface area (Å²) in [5.74, 6) is -1.81. The summed E-state index contributed by atoms with van der Waals surface area (Å²) in [6.07, 6.45) is 0. The number of methoxy groups -OCH3 is 2. The predicted molar refractivity (Wildman–Crippen MR) is 40.2 cm³/mol. The summed E-state index contributed by atoms with van der Waals surface area (Å²) in [4.78, 5) is 21.8. The summed E-state index contributed by atoms with van der Waals surface area (Å²) in [6.45, 7) is 3.57. The molecule has 12 heavy (non-hydrogen) atoms. The lowest BCUT2D eigenvalue weighted by Crippen LogP contribution is -2.10. The van der Waals surface area contributed by atoms with Gasteiger partial charge in [0, 0.05) is 0 Å². The first kappa shape index (κ1) is 8.77. The van der Waals surface area contributed by atoms with Gasteiger partial charge in [-0.1, -0.05) is 6.58 Å². The summed E-state index contributed by atoms with van der Waals surface area (Å²) in [5, 5.41) is 0. The fourth-order valence-corrected chi connectivity index (χ4v) is 1.14. The second kappa shape index (κ2) is 2.97. The molecule has 1 aliphatic carbocycles. The van der Waals surface area contributed by atoms with Gasteiger partial charge in [-0.15, -0.1) is 0 Å². The molecular formula is C8H10O4. The molecule has 1 saturated carbocycles. The lowest BCUT2D eigenvalue weighted by atomic mass is 10.3. The number of hydrogen-bond acceptors (Lipinski definition) is 4. The van der Waals surface area contributed by atoms with Crippen LogP contribution in [0, 0.1) is 11.8 Å². The molecule has 0 unspecified atom stereocenters. The fraction of sp³-hybridized carbons (Fsp3) is 0.500. The topological polar surface area (TPSA) is 52.6 Å². The van der Waals surface area contributed by atoms with Gasteiger partial charge < -0.3 is 9.47 Å². The third-order valence-electron chi connectivity index (χ3n) is 1.93. The lowest BCUT2D eigenvalue weighted by Gasteiger charge is -1.95. The van der Waals surface area contributed by atoms with Crippen LogP contribution < -0.4 is 0 Å². The van der Waals surface area contributed by atoms with Gasteiger partial charge in [-0.2, -0.15) is 0 Å². The highest BCUT2D eigenvalue weighted by atomic mass is 16.5. The highest BCUT2D eigenvalue weighted by Gasteiger charge is 2.54. The highest BCUT2D eigenvalue weighted by molar-refractivity contribution is 5.94. The van der Waals surface area contributed by atoms with Crippen molar-refractivity contribution in [1.82, 2.24) is 0 Å². The minimum atomic E-state index is -0.484. The number of hydrogen-bond donors (Lipinski definition) is 0. The molecule has 0 radical (unpaired) electrons. The van der Waals surface area contributed by atoms with Gasteiger partial charge in [0.15, 0.2) is 0 Å². The van der Waals surface area contributed by atoms with Crippen LogP contribution in [0.4, 0.5) is 0 Å². The van der Waals surface area contributed by atoms with E-state index in [1.165, 1.54) is 14.2 Å². The second-order valence-corrected chi connectivity index (χ2v) is 2.58. The van der Waals surface area contributed by atoms with Crippen LogP contribution in [0.5, 0.6) is 0 Å². The van der Waals surface area contributed by atoms with Crippen molar-refractivity contribution in [1.29, 1.82) is 0 Å². The van der Waals surface area contributed by atoms with E-state index in [2.05, 4.69) is 16.1 Å². The van der Waals surface area contributed by atoms with E-state index in [1.54, 1.807) is 0 Å². The Bertz CT molecular complexity index is 219. The average molecular weight is 170 g/mol. The first-order chi connectivity index (χ1) is 5.63. The van der Waals surface area contributed by atoms with Crippen molar-refractivity contribution >= 4 is 11.9 Å². The number of rotatable bonds is 2. The first-order valence-electron chi connectivity index (χ1n) is 3.47. The molecule has 0 spiro atoms. The first-order valence-corrected chi connectivity index (χ1v) is 3.47. The maximum atomic E-state index is 10.9. The van der Waals surface area contributed by atoms with E-state index in [1.807, 2.05) is 0 Å². The van der Waals surface area contributed by atoms with Crippen molar-refractivity contribution in [3.05, 3.63) is 12.2 Å². The number of carbonyl (C=O) groups is 2. The average Bonchev–Trinajstić information content (AvgIpc) is 2.74. The smallest absolute Gasteiger partial charge is 0.314 e. The van der Waals surface area contributed by atoms with E-state index >= 15 is 0 Å². The maximum Gasteiger partial charge on any atom is 0.314 e. The van der Waals surface area contributed by atoms with Crippen molar-refractivity contribution in [3.63, 3.8) is 0 Å². The second-order valence-electron chi connectivity index (χ2n) is 2.58. The molecule has 1 aliphatic rings. The van der Waals surface area contributed by atoms with Crippen molar-refractivity contribution in [3.8, 4) is 0 Å². The Morgan fingerprint density at radius 3 is 1.75 bits per heavy atom. The van der Waals surface area contributed by atoms with Crippen LogP contribution >= 0.6 is 0 Å². The molecule has 4 heteroatoms. The Morgan fingerprint density at radius 1 is 1.17 bits per heavy atom. The van der Waals surface area contributed by atoms with Crippen molar-refractivity contribution in [2.75, 3.05) is 14.2 Å². The van der Waals surface area contributed by atoms with Gasteiger partial charge in [0.2, 0.25) is 0 Å². The van der Waals surface area contributed by atoms with Gasteiger partial charge in [0.1, 0.15) is 0 Å². The van der Waals surface area contributed by atoms with Crippen LogP contribution in [0.1, 0.15) is 0 Å². The molecule has 1 rings (SSSR count). The minimum Gasteiger partial charge on any atom is -0.469 e. The van der Waals surface area contributed by atoms with Gasteiger partial charge in [0.05, 0.1) is 26.1 Å². The standard InChI is InChI=1S/C8H10O4/c1-4-5(7(9)11-2)6(4)8(10)12-3/h5-6H,1H2,2-3H3/t5-,6+. The van der Waals surface area contributed by atoms with Crippen LogP contribution in [0.15, 0.2) is 12.2 Å². The fourth-order valence-electron chi connectivity index (χ4n) is 1.14. The van der Waals surface area contributed by atoms with E-state index in [-0.39, 0.29) is 0 Å². The third kappa shape index (κ3) is 1.20. The van der Waals surface area contributed by atoms with E-state index in [4.69, 9.17) is 0 Å². The Balaban J connectivity index is 2.59. The summed E-state index contributed by atoms with van der Waals surface area (Å²) in [6, 6.07) is 0. The van der Waals surface area contributed by atoms with E-state index in [9.17, 15) is 9.59 Å². The lowest BCUT2D eigenvalue weighted by molar-refractivity contribution is -0.148. The molecule has 0 heterocycles. The van der Waals surface area contributed by atoms with Crippen LogP contribution in [0.2, 0.25) is 0 Å². The molecule has 0 saturated heterocycles. The number of carbonyl (C=O) groups excluding carboxylic acids is 2. The quantitative estimate of drug-likeness (QED) is 0.436. The molecule has 0 aliphatic heterocycles. The Hall–Kier alpha value is -1.32. The van der Waals surface area contributed by atoms with E-state index in [0.29, 0.717) is 5.57 Å². The molecule has 0 aromatic heterocycles. The van der Waals surface area contributed by atoms with Crippen LogP contribution in [0.3, 0.4) is 0 Å². The largest absolute Gasteiger partial charge is 0.469 e. The minimum absolute atomic E-state index is 0.421. The molecule has 0 bridgehead atoms. The zero-order valence-corrected chi connectivity index (χ0v) is 6.99. The van der Waals surface area contributed by atoms with Gasteiger partial charge >= 0.3 is 11.9 Å². The number of ether oxygens (including phenoxy) is 2. The van der Waals surface area contributed by atoms with E-state index < -0.39 is 23.8 Å². The Labute approximate surface area is 70.1 Å². The molecule has 66 valence electrons. The van der Waals surface area contributed by atoms with Crippen molar-refractivity contribution in [2.24, 2.45) is 11.8 Å². The molecule has 4 nitrogen and oxygen atoms in total. The Morgan fingerprint density at radius 2 is 1.50 bits per heavy atom. The molecule has 0 aromatic carbocycles. The monoisotopic (exact) mass is 170 g/mol. The Kier molecular flexibility index (Phi) is 2.17. The molecule has 0 N–H and O–H groups in total. The predicted octanol–water partition coefficient (Wildman–Crippen LogP) is 0.135. The SMILES string of the molecule is C=C1[C@H](C(=O)OC)[C@@H]1C(=O)OC. The van der Waals surface area contributed by atoms with Crippen LogP contribution in [-0.2, 0) is 19.1 Å². The highest BCUT2D eigenvalue weighted by Crippen LogP contribution is 2.45. The third-order valence-corrected chi connectivity index (χ3v) is 1.93. The van der Waals surface area contributed by atoms with Crippen LogP contribution in [0.25, 0.3) is 0 Å². The van der Waals surface area contributed by atoms with E-state index in [0.717, 1.165) is 0 Å². The molecule has 2 atom stereocenters. The van der Waals surface area contributed by atoms with Crippen molar-refractivity contribution < 1.29 is 19.1 Å². The van der Waals surface area contributed by atoms with Gasteiger partial charge in [-0.3, -0.25) is 9.59 Å². The summed E-state index contributed by atoms with van der Waals surface area (Å²) < 4.78 is 8.92. The zero-order chi connectivity index (χ0) is 9.30. The summed E-state index contributed by atoms with van der Waals surface area (Å²) in [7, 11) is 2.56. The van der Waals surface area contributed by atoms with Gasteiger partial charge in [-0.05, 0) is 5.57 Å². The van der Waals surface area contributed by atoms with Crippen LogP contribution in [-0.4, -0.2) is 26.2 Å². The summed E-state index contributed by atoms with van der Waals surface area (Å²) >= 11 is 0. The van der Waals surface area contributed by atoms with Gasteiger partial charge in [-0.25, -0.2) is 0 Å². The van der Waals surface area contributed by atoms with Crippen molar-refractivity contribution in [2.45, 2.75) is 0 Å².